The zero-order chi connectivity index (χ0) is 16.2. The number of ether oxygens (including phenoxy) is 2. The highest BCUT2D eigenvalue weighted by molar-refractivity contribution is 5.94. The number of hydrogen-bond acceptors (Lipinski definition) is 4. The average Bonchev–Trinajstić information content (AvgIpc) is 2.51. The molecular weight excluding hydrogens is 282 g/mol. The van der Waals surface area contributed by atoms with Crippen LogP contribution < -0.4 is 10.1 Å². The number of hydrogen-bond donors (Lipinski definition) is 1. The third-order valence-electron chi connectivity index (χ3n) is 3.06. The summed E-state index contributed by atoms with van der Waals surface area (Å²) in [6, 6.07) is 7.13. The summed E-state index contributed by atoms with van der Waals surface area (Å²) in [5, 5.41) is 2.87. The predicted octanol–water partition coefficient (Wildman–Crippen LogP) is 2.94. The monoisotopic (exact) mass is 307 g/mol. The van der Waals surface area contributed by atoms with Crippen molar-refractivity contribution in [2.24, 2.45) is 0 Å². The van der Waals surface area contributed by atoms with E-state index in [1.165, 1.54) is 0 Å². The smallest absolute Gasteiger partial charge is 0.305 e. The van der Waals surface area contributed by atoms with E-state index in [-0.39, 0.29) is 11.9 Å². The van der Waals surface area contributed by atoms with Crippen molar-refractivity contribution in [2.75, 3.05) is 19.8 Å². The van der Waals surface area contributed by atoms with Crippen LogP contribution in [0.15, 0.2) is 24.3 Å². The van der Waals surface area contributed by atoms with Gasteiger partial charge in [0.1, 0.15) is 5.75 Å². The molecule has 1 N–H and O–H groups in total. The Balaban J connectivity index is 2.20. The standard InChI is InChI=1S/C17H25NO4/c1-3-21-15-10-8-9-14(13-15)17(20)18-12-7-5-6-11-16(19)22-4-2/h8-10,13H,3-7,11-12H2,1-2H3,(H,18,20). The van der Waals surface area contributed by atoms with Crippen molar-refractivity contribution in [3.63, 3.8) is 0 Å². The number of amides is 1. The Bertz CT molecular complexity index is 473. The van der Waals surface area contributed by atoms with Gasteiger partial charge in [-0.2, -0.15) is 0 Å². The summed E-state index contributed by atoms with van der Waals surface area (Å²) in [7, 11) is 0. The van der Waals surface area contributed by atoms with Gasteiger partial charge in [0.25, 0.3) is 5.91 Å². The highest BCUT2D eigenvalue weighted by Gasteiger charge is 2.06. The summed E-state index contributed by atoms with van der Waals surface area (Å²) in [5.74, 6) is 0.441. The highest BCUT2D eigenvalue weighted by Crippen LogP contribution is 2.13. The molecule has 22 heavy (non-hydrogen) atoms. The molecule has 0 saturated heterocycles. The first-order chi connectivity index (χ1) is 10.7. The first kappa shape index (κ1) is 18.0. The van der Waals surface area contributed by atoms with E-state index in [1.807, 2.05) is 13.0 Å². The molecule has 122 valence electrons. The molecule has 1 amide bonds. The van der Waals surface area contributed by atoms with Crippen molar-refractivity contribution < 1.29 is 19.1 Å². The SMILES string of the molecule is CCOC(=O)CCCCCNC(=O)c1cccc(OCC)c1. The van der Waals surface area contributed by atoms with Gasteiger partial charge in [0.15, 0.2) is 0 Å². The van der Waals surface area contributed by atoms with Gasteiger partial charge < -0.3 is 14.8 Å². The number of carbonyl (C=O) groups is 2. The van der Waals surface area contributed by atoms with Gasteiger partial charge >= 0.3 is 5.97 Å². The molecule has 0 atom stereocenters. The van der Waals surface area contributed by atoms with E-state index in [4.69, 9.17) is 9.47 Å². The van der Waals surface area contributed by atoms with Crippen LogP contribution in [0.1, 0.15) is 49.9 Å². The lowest BCUT2D eigenvalue weighted by Gasteiger charge is -2.07. The second-order valence-corrected chi connectivity index (χ2v) is 4.83. The molecule has 0 heterocycles. The molecular formula is C17H25NO4. The van der Waals surface area contributed by atoms with Gasteiger partial charge in [-0.25, -0.2) is 0 Å². The van der Waals surface area contributed by atoms with Gasteiger partial charge in [-0.05, 0) is 44.9 Å². The Morgan fingerprint density at radius 1 is 1.09 bits per heavy atom. The average molecular weight is 307 g/mol. The van der Waals surface area contributed by atoms with E-state index in [0.29, 0.717) is 37.5 Å². The summed E-state index contributed by atoms with van der Waals surface area (Å²) >= 11 is 0. The molecule has 0 aliphatic rings. The Hall–Kier alpha value is -2.04. The number of carbonyl (C=O) groups excluding carboxylic acids is 2. The first-order valence-corrected chi connectivity index (χ1v) is 7.84. The third-order valence-corrected chi connectivity index (χ3v) is 3.06. The zero-order valence-corrected chi connectivity index (χ0v) is 13.4. The topological polar surface area (TPSA) is 64.6 Å². The Kier molecular flexibility index (Phi) is 8.72. The molecule has 0 spiro atoms. The molecule has 0 fully saturated rings. The molecule has 0 radical (unpaired) electrons. The highest BCUT2D eigenvalue weighted by atomic mass is 16.5. The number of unbranched alkanes of at least 4 members (excludes halogenated alkanes) is 2. The van der Waals surface area contributed by atoms with Crippen LogP contribution in [0.4, 0.5) is 0 Å². The van der Waals surface area contributed by atoms with E-state index >= 15 is 0 Å². The zero-order valence-electron chi connectivity index (χ0n) is 13.4. The van der Waals surface area contributed by atoms with Crippen LogP contribution in [0, 0.1) is 0 Å². The van der Waals surface area contributed by atoms with Gasteiger partial charge in [-0.1, -0.05) is 12.5 Å². The second-order valence-electron chi connectivity index (χ2n) is 4.83. The van der Waals surface area contributed by atoms with E-state index in [0.717, 1.165) is 19.3 Å². The summed E-state index contributed by atoms with van der Waals surface area (Å²) in [6.07, 6.45) is 2.96. The minimum atomic E-state index is -0.153. The fraction of sp³-hybridized carbons (Fsp3) is 0.529. The van der Waals surface area contributed by atoms with Crippen molar-refractivity contribution >= 4 is 11.9 Å². The maximum absolute atomic E-state index is 12.0. The van der Waals surface area contributed by atoms with Gasteiger partial charge in [-0.15, -0.1) is 0 Å². The number of esters is 1. The molecule has 0 saturated carbocycles. The normalized spacial score (nSPS) is 10.1. The van der Waals surface area contributed by atoms with E-state index in [2.05, 4.69) is 5.32 Å². The van der Waals surface area contributed by atoms with Crippen molar-refractivity contribution in [3.05, 3.63) is 29.8 Å². The number of nitrogens with one attached hydrogen (secondary N) is 1. The second kappa shape index (κ2) is 10.7. The van der Waals surface area contributed by atoms with Gasteiger partial charge in [-0.3, -0.25) is 9.59 Å². The van der Waals surface area contributed by atoms with Gasteiger partial charge in [0.05, 0.1) is 13.2 Å². The van der Waals surface area contributed by atoms with Gasteiger partial charge in [0.2, 0.25) is 0 Å². The van der Waals surface area contributed by atoms with E-state index in [1.54, 1.807) is 25.1 Å². The van der Waals surface area contributed by atoms with E-state index in [9.17, 15) is 9.59 Å². The molecule has 0 unspecified atom stereocenters. The molecule has 1 aromatic carbocycles. The van der Waals surface area contributed by atoms with Crippen molar-refractivity contribution in [1.82, 2.24) is 5.32 Å². The largest absolute Gasteiger partial charge is 0.494 e. The maximum atomic E-state index is 12.0. The predicted molar refractivity (Wildman–Crippen MR) is 85.0 cm³/mol. The first-order valence-electron chi connectivity index (χ1n) is 7.84. The van der Waals surface area contributed by atoms with Crippen LogP contribution in [-0.4, -0.2) is 31.6 Å². The van der Waals surface area contributed by atoms with E-state index < -0.39 is 0 Å². The number of benzene rings is 1. The molecule has 1 aromatic rings. The lowest BCUT2D eigenvalue weighted by Crippen LogP contribution is -2.24. The van der Waals surface area contributed by atoms with Crippen LogP contribution in [0.25, 0.3) is 0 Å². The minimum Gasteiger partial charge on any atom is -0.494 e. The Morgan fingerprint density at radius 3 is 2.64 bits per heavy atom. The van der Waals surface area contributed by atoms with Crippen molar-refractivity contribution in [3.8, 4) is 5.75 Å². The number of rotatable bonds is 10. The van der Waals surface area contributed by atoms with Gasteiger partial charge in [0, 0.05) is 18.5 Å². The Morgan fingerprint density at radius 2 is 1.91 bits per heavy atom. The lowest BCUT2D eigenvalue weighted by molar-refractivity contribution is -0.143. The van der Waals surface area contributed by atoms with Crippen LogP contribution in [-0.2, 0) is 9.53 Å². The molecule has 1 rings (SSSR count). The summed E-state index contributed by atoms with van der Waals surface area (Å²) in [6.45, 7) is 5.30. The summed E-state index contributed by atoms with van der Waals surface area (Å²) < 4.78 is 10.2. The quantitative estimate of drug-likeness (QED) is 0.533. The molecule has 0 aliphatic carbocycles. The molecule has 0 bridgehead atoms. The van der Waals surface area contributed by atoms with Crippen LogP contribution in [0.2, 0.25) is 0 Å². The summed E-state index contributed by atoms with van der Waals surface area (Å²) in [4.78, 5) is 23.1. The van der Waals surface area contributed by atoms with Crippen LogP contribution >= 0.6 is 0 Å². The van der Waals surface area contributed by atoms with Crippen molar-refractivity contribution in [2.45, 2.75) is 39.5 Å². The molecule has 0 aliphatic heterocycles. The Labute approximate surface area is 132 Å². The maximum Gasteiger partial charge on any atom is 0.305 e. The fourth-order valence-electron chi connectivity index (χ4n) is 2.00. The molecule has 0 aromatic heterocycles. The fourth-order valence-corrected chi connectivity index (χ4v) is 2.00. The minimum absolute atomic E-state index is 0.105. The van der Waals surface area contributed by atoms with Crippen LogP contribution in [0.3, 0.4) is 0 Å². The lowest BCUT2D eigenvalue weighted by atomic mass is 10.1. The molecule has 5 nitrogen and oxygen atoms in total. The van der Waals surface area contributed by atoms with Crippen molar-refractivity contribution in [1.29, 1.82) is 0 Å². The summed E-state index contributed by atoms with van der Waals surface area (Å²) in [5.41, 5.74) is 0.595. The van der Waals surface area contributed by atoms with Crippen LogP contribution in [0.5, 0.6) is 5.75 Å². The molecule has 5 heteroatoms. The third kappa shape index (κ3) is 7.11.